The van der Waals surface area contributed by atoms with Crippen molar-refractivity contribution in [3.63, 3.8) is 0 Å². The fourth-order valence-electron chi connectivity index (χ4n) is 2.40. The zero-order chi connectivity index (χ0) is 20.0. The molecule has 0 aromatic heterocycles. The van der Waals surface area contributed by atoms with Crippen LogP contribution in [0.4, 0.5) is 11.4 Å². The van der Waals surface area contributed by atoms with Crippen LogP contribution in [0.2, 0.25) is 0 Å². The molecule has 0 bridgehead atoms. The number of rotatable bonds is 7. The number of methoxy groups -OCH3 is 1. The van der Waals surface area contributed by atoms with Crippen LogP contribution in [-0.2, 0) is 25.2 Å². The van der Waals surface area contributed by atoms with Crippen molar-refractivity contribution in [3.8, 4) is 5.75 Å². The summed E-state index contributed by atoms with van der Waals surface area (Å²) >= 11 is 3.29. The van der Waals surface area contributed by atoms with Crippen molar-refractivity contribution in [2.24, 2.45) is 0 Å². The highest BCUT2D eigenvalue weighted by atomic mass is 79.9. The molecule has 0 aliphatic carbocycles. The summed E-state index contributed by atoms with van der Waals surface area (Å²) in [5, 5.41) is 5.11. The summed E-state index contributed by atoms with van der Waals surface area (Å²) in [5.74, 6) is -1.53. The summed E-state index contributed by atoms with van der Waals surface area (Å²) in [6.07, 6.45) is 0. The predicted octanol–water partition coefficient (Wildman–Crippen LogP) is 2.97. The molecule has 0 atom stereocenters. The van der Waals surface area contributed by atoms with E-state index in [4.69, 9.17) is 4.74 Å². The van der Waals surface area contributed by atoms with Crippen molar-refractivity contribution in [1.82, 2.24) is 0 Å². The fraction of sp³-hybridized carbons (Fsp3) is 0.222. The molecule has 7 nitrogen and oxygen atoms in total. The molecule has 0 aliphatic heterocycles. The predicted molar refractivity (Wildman–Crippen MR) is 108 cm³/mol. The molecule has 27 heavy (non-hydrogen) atoms. The highest BCUT2D eigenvalue weighted by Crippen LogP contribution is 2.28. The first-order valence-corrected chi connectivity index (χ1v) is 10.5. The number of nitrogens with one attached hydrogen (secondary N) is 2. The SMILES string of the molecule is COc1ccc(NC(C)=O)cc1NC(=O)CS(=O)(=O)Cc1cccc(Br)c1. The van der Waals surface area contributed by atoms with Gasteiger partial charge in [0.1, 0.15) is 11.5 Å². The van der Waals surface area contributed by atoms with E-state index < -0.39 is 21.5 Å². The van der Waals surface area contributed by atoms with Crippen LogP contribution in [0.3, 0.4) is 0 Å². The van der Waals surface area contributed by atoms with Gasteiger partial charge >= 0.3 is 0 Å². The Balaban J connectivity index is 2.11. The van der Waals surface area contributed by atoms with E-state index in [1.165, 1.54) is 20.1 Å². The van der Waals surface area contributed by atoms with E-state index in [1.54, 1.807) is 36.4 Å². The number of hydrogen-bond acceptors (Lipinski definition) is 5. The van der Waals surface area contributed by atoms with Gasteiger partial charge in [-0.1, -0.05) is 28.1 Å². The summed E-state index contributed by atoms with van der Waals surface area (Å²) in [5.41, 5.74) is 1.31. The number of halogens is 1. The second-order valence-electron chi connectivity index (χ2n) is 5.81. The summed E-state index contributed by atoms with van der Waals surface area (Å²) in [4.78, 5) is 23.4. The summed E-state index contributed by atoms with van der Waals surface area (Å²) < 4.78 is 30.6. The molecule has 0 fully saturated rings. The van der Waals surface area contributed by atoms with Crippen LogP contribution in [0.5, 0.6) is 5.75 Å². The third-order valence-electron chi connectivity index (χ3n) is 3.42. The Morgan fingerprint density at radius 1 is 1.11 bits per heavy atom. The molecule has 144 valence electrons. The smallest absolute Gasteiger partial charge is 0.239 e. The topological polar surface area (TPSA) is 102 Å². The Morgan fingerprint density at radius 3 is 2.48 bits per heavy atom. The Bertz CT molecular complexity index is 960. The van der Waals surface area contributed by atoms with Crippen LogP contribution in [0.15, 0.2) is 46.9 Å². The lowest BCUT2D eigenvalue weighted by Crippen LogP contribution is -2.24. The van der Waals surface area contributed by atoms with Crippen LogP contribution < -0.4 is 15.4 Å². The molecular weight excluding hydrogens is 436 g/mol. The van der Waals surface area contributed by atoms with Crippen molar-refractivity contribution in [2.45, 2.75) is 12.7 Å². The van der Waals surface area contributed by atoms with Crippen LogP contribution >= 0.6 is 15.9 Å². The third-order valence-corrected chi connectivity index (χ3v) is 5.39. The first-order chi connectivity index (χ1) is 12.7. The molecular formula is C18H19BrN2O5S. The second-order valence-corrected chi connectivity index (χ2v) is 8.79. The Labute approximate surface area is 166 Å². The highest BCUT2D eigenvalue weighted by molar-refractivity contribution is 9.10. The van der Waals surface area contributed by atoms with Crippen LogP contribution in [0.1, 0.15) is 12.5 Å². The lowest BCUT2D eigenvalue weighted by Gasteiger charge is -2.12. The molecule has 2 amide bonds. The minimum atomic E-state index is -3.66. The van der Waals surface area contributed by atoms with Crippen molar-refractivity contribution < 1.29 is 22.7 Å². The molecule has 2 aromatic carbocycles. The van der Waals surface area contributed by atoms with E-state index >= 15 is 0 Å². The number of hydrogen-bond donors (Lipinski definition) is 2. The van der Waals surface area contributed by atoms with Crippen LogP contribution in [0, 0.1) is 0 Å². The van der Waals surface area contributed by atoms with E-state index in [9.17, 15) is 18.0 Å². The van der Waals surface area contributed by atoms with Gasteiger partial charge in [0.25, 0.3) is 0 Å². The first-order valence-electron chi connectivity index (χ1n) is 7.89. The maximum atomic E-state index is 12.3. The highest BCUT2D eigenvalue weighted by Gasteiger charge is 2.19. The van der Waals surface area contributed by atoms with Crippen LogP contribution in [0.25, 0.3) is 0 Å². The number of ether oxygens (including phenoxy) is 1. The lowest BCUT2D eigenvalue weighted by molar-refractivity contribution is -0.114. The average molecular weight is 455 g/mol. The number of carbonyl (C=O) groups excluding carboxylic acids is 2. The maximum absolute atomic E-state index is 12.3. The molecule has 2 N–H and O–H groups in total. The van der Waals surface area contributed by atoms with Gasteiger partial charge in [-0.25, -0.2) is 8.42 Å². The molecule has 0 saturated heterocycles. The van der Waals surface area contributed by atoms with E-state index in [0.717, 1.165) is 4.47 Å². The van der Waals surface area contributed by atoms with Gasteiger partial charge in [-0.05, 0) is 35.9 Å². The largest absolute Gasteiger partial charge is 0.495 e. The second kappa shape index (κ2) is 9.01. The van der Waals surface area contributed by atoms with Gasteiger partial charge in [0.05, 0.1) is 18.6 Å². The van der Waals surface area contributed by atoms with Gasteiger partial charge in [-0.3, -0.25) is 9.59 Å². The molecule has 0 aliphatic rings. The number of anilines is 2. The zero-order valence-corrected chi connectivity index (χ0v) is 17.2. The molecule has 0 unspecified atom stereocenters. The standard InChI is InChI=1S/C18H19BrN2O5S/c1-12(22)20-15-6-7-17(26-2)16(9-15)21-18(23)11-27(24,25)10-13-4-3-5-14(19)8-13/h3-9H,10-11H2,1-2H3,(H,20,22)(H,21,23). The molecule has 0 spiro atoms. The zero-order valence-electron chi connectivity index (χ0n) is 14.8. The third kappa shape index (κ3) is 6.69. The van der Waals surface area contributed by atoms with E-state index in [0.29, 0.717) is 17.0 Å². The fourth-order valence-corrected chi connectivity index (χ4v) is 4.11. The van der Waals surface area contributed by atoms with E-state index in [1.807, 2.05) is 0 Å². The molecule has 2 aromatic rings. The van der Waals surface area contributed by atoms with Gasteiger partial charge in [0.2, 0.25) is 11.8 Å². The molecule has 2 rings (SSSR count). The Kier molecular flexibility index (Phi) is 6.98. The molecule has 0 heterocycles. The first kappa shape index (κ1) is 20.9. The summed E-state index contributed by atoms with van der Waals surface area (Å²) in [7, 11) is -2.24. The Hall–Kier alpha value is -2.39. The minimum Gasteiger partial charge on any atom is -0.495 e. The van der Waals surface area contributed by atoms with Gasteiger partial charge in [0.15, 0.2) is 9.84 Å². The summed E-state index contributed by atoms with van der Waals surface area (Å²) in [6.45, 7) is 1.36. The molecule has 9 heteroatoms. The molecule has 0 radical (unpaired) electrons. The molecule has 0 saturated carbocycles. The van der Waals surface area contributed by atoms with Crippen molar-refractivity contribution in [1.29, 1.82) is 0 Å². The quantitative estimate of drug-likeness (QED) is 0.669. The van der Waals surface area contributed by atoms with E-state index in [2.05, 4.69) is 26.6 Å². The van der Waals surface area contributed by atoms with Crippen molar-refractivity contribution in [3.05, 3.63) is 52.5 Å². The Morgan fingerprint density at radius 2 is 1.85 bits per heavy atom. The van der Waals surface area contributed by atoms with Gasteiger partial charge in [-0.2, -0.15) is 0 Å². The number of carbonyl (C=O) groups is 2. The van der Waals surface area contributed by atoms with Gasteiger partial charge in [-0.15, -0.1) is 0 Å². The van der Waals surface area contributed by atoms with Crippen LogP contribution in [-0.4, -0.2) is 33.1 Å². The summed E-state index contributed by atoms with van der Waals surface area (Å²) in [6, 6.07) is 11.6. The number of sulfone groups is 1. The van der Waals surface area contributed by atoms with Gasteiger partial charge in [0, 0.05) is 17.1 Å². The normalized spacial score (nSPS) is 10.9. The maximum Gasteiger partial charge on any atom is 0.239 e. The van der Waals surface area contributed by atoms with Crippen molar-refractivity contribution in [2.75, 3.05) is 23.5 Å². The minimum absolute atomic E-state index is 0.247. The lowest BCUT2D eigenvalue weighted by atomic mass is 10.2. The van der Waals surface area contributed by atoms with Crippen molar-refractivity contribution >= 4 is 49.0 Å². The number of benzene rings is 2. The van der Waals surface area contributed by atoms with E-state index in [-0.39, 0.29) is 17.3 Å². The number of amides is 2. The van der Waals surface area contributed by atoms with Gasteiger partial charge < -0.3 is 15.4 Å². The monoisotopic (exact) mass is 454 g/mol. The average Bonchev–Trinajstić information content (AvgIpc) is 2.53.